The van der Waals surface area contributed by atoms with E-state index in [0.29, 0.717) is 10.9 Å². The summed E-state index contributed by atoms with van der Waals surface area (Å²) in [6, 6.07) is 3.39. The van der Waals surface area contributed by atoms with Crippen molar-refractivity contribution in [3.05, 3.63) is 33.9 Å². The van der Waals surface area contributed by atoms with Crippen molar-refractivity contribution in [3.63, 3.8) is 0 Å². The predicted octanol–water partition coefficient (Wildman–Crippen LogP) is 2.71. The zero-order valence-electron chi connectivity index (χ0n) is 8.36. The van der Waals surface area contributed by atoms with Crippen LogP contribution in [0.3, 0.4) is 0 Å². The number of halogens is 1. The Bertz CT molecular complexity index is 595. The Labute approximate surface area is 99.7 Å². The Morgan fingerprint density at radius 2 is 2.12 bits per heavy atom. The van der Waals surface area contributed by atoms with Gasteiger partial charge in [0.15, 0.2) is 0 Å². The first kappa shape index (κ1) is 10.9. The van der Waals surface area contributed by atoms with Crippen molar-refractivity contribution in [3.8, 4) is 5.75 Å². The van der Waals surface area contributed by atoms with Crippen molar-refractivity contribution in [1.82, 2.24) is 4.98 Å². The quantitative estimate of drug-likeness (QED) is 0.843. The zero-order valence-corrected chi connectivity index (χ0v) is 9.95. The first-order valence-corrected chi connectivity index (χ1v) is 5.31. The zero-order chi connectivity index (χ0) is 11.9. The lowest BCUT2D eigenvalue weighted by atomic mass is 10.1. The van der Waals surface area contributed by atoms with Crippen LogP contribution in [0.4, 0.5) is 0 Å². The van der Waals surface area contributed by atoms with Gasteiger partial charge in [0.2, 0.25) is 0 Å². The van der Waals surface area contributed by atoms with Gasteiger partial charge in [0.05, 0.1) is 5.52 Å². The molecule has 1 aromatic heterocycles. The SMILES string of the molecule is Cc1c(Br)ccc2c(O)c(C(=O)O)cnc12. The van der Waals surface area contributed by atoms with Crippen LogP contribution in [0.5, 0.6) is 5.75 Å². The average molecular weight is 282 g/mol. The molecule has 2 aromatic rings. The van der Waals surface area contributed by atoms with E-state index in [2.05, 4.69) is 20.9 Å². The molecule has 2 N–H and O–H groups in total. The summed E-state index contributed by atoms with van der Waals surface area (Å²) in [7, 11) is 0. The molecular weight excluding hydrogens is 274 g/mol. The average Bonchev–Trinajstić information content (AvgIpc) is 2.23. The van der Waals surface area contributed by atoms with Crippen molar-refractivity contribution in [2.24, 2.45) is 0 Å². The van der Waals surface area contributed by atoms with Gasteiger partial charge in [0.1, 0.15) is 11.3 Å². The number of hydrogen-bond acceptors (Lipinski definition) is 3. The second-order valence-electron chi connectivity index (χ2n) is 3.39. The molecule has 5 heteroatoms. The summed E-state index contributed by atoms with van der Waals surface area (Å²) in [6.45, 7) is 1.85. The van der Waals surface area contributed by atoms with E-state index in [1.807, 2.05) is 6.92 Å². The summed E-state index contributed by atoms with van der Waals surface area (Å²) in [5.74, 6) is -1.43. The molecule has 82 valence electrons. The van der Waals surface area contributed by atoms with Gasteiger partial charge in [0, 0.05) is 16.1 Å². The van der Waals surface area contributed by atoms with E-state index < -0.39 is 5.97 Å². The van der Waals surface area contributed by atoms with E-state index in [9.17, 15) is 9.90 Å². The number of nitrogens with zero attached hydrogens (tertiary/aromatic N) is 1. The van der Waals surface area contributed by atoms with Crippen molar-refractivity contribution in [1.29, 1.82) is 0 Å². The lowest BCUT2D eigenvalue weighted by molar-refractivity contribution is 0.0693. The van der Waals surface area contributed by atoms with Crippen molar-refractivity contribution >= 4 is 32.8 Å². The molecule has 4 nitrogen and oxygen atoms in total. The highest BCUT2D eigenvalue weighted by Crippen LogP contribution is 2.31. The number of fused-ring (bicyclic) bond motifs is 1. The van der Waals surface area contributed by atoms with Crippen LogP contribution >= 0.6 is 15.9 Å². The Hall–Kier alpha value is -1.62. The van der Waals surface area contributed by atoms with Gasteiger partial charge in [0.25, 0.3) is 0 Å². The molecule has 0 atom stereocenters. The molecule has 0 saturated heterocycles. The van der Waals surface area contributed by atoms with Gasteiger partial charge >= 0.3 is 5.97 Å². The summed E-state index contributed by atoms with van der Waals surface area (Å²) in [6.07, 6.45) is 1.17. The number of benzene rings is 1. The van der Waals surface area contributed by atoms with E-state index in [4.69, 9.17) is 5.11 Å². The molecule has 0 fully saturated rings. The number of hydrogen-bond donors (Lipinski definition) is 2. The van der Waals surface area contributed by atoms with Gasteiger partial charge in [-0.3, -0.25) is 4.98 Å². The molecule has 0 radical (unpaired) electrons. The molecule has 16 heavy (non-hydrogen) atoms. The predicted molar refractivity (Wildman–Crippen MR) is 62.8 cm³/mol. The number of carbonyl (C=O) groups is 1. The maximum atomic E-state index is 10.8. The van der Waals surface area contributed by atoms with Crippen LogP contribution in [0.2, 0.25) is 0 Å². The fraction of sp³-hybridized carbons (Fsp3) is 0.0909. The minimum Gasteiger partial charge on any atom is -0.506 e. The summed E-state index contributed by atoms with van der Waals surface area (Å²) in [4.78, 5) is 14.9. The molecule has 1 heterocycles. The summed E-state index contributed by atoms with van der Waals surface area (Å²) < 4.78 is 0.870. The highest BCUT2D eigenvalue weighted by molar-refractivity contribution is 9.10. The van der Waals surface area contributed by atoms with Gasteiger partial charge in [-0.2, -0.15) is 0 Å². The fourth-order valence-corrected chi connectivity index (χ4v) is 1.84. The van der Waals surface area contributed by atoms with Crippen LogP contribution < -0.4 is 0 Å². The number of pyridine rings is 1. The lowest BCUT2D eigenvalue weighted by Crippen LogP contribution is -1.99. The highest BCUT2D eigenvalue weighted by atomic mass is 79.9. The Balaban J connectivity index is 2.87. The number of carboxylic acids is 1. The molecule has 0 aliphatic heterocycles. The number of aromatic nitrogens is 1. The van der Waals surface area contributed by atoms with Crippen LogP contribution in [-0.2, 0) is 0 Å². The van der Waals surface area contributed by atoms with E-state index in [1.165, 1.54) is 6.20 Å². The van der Waals surface area contributed by atoms with Gasteiger partial charge < -0.3 is 10.2 Å². The molecule has 0 aliphatic rings. The molecule has 0 bridgehead atoms. The largest absolute Gasteiger partial charge is 0.506 e. The second kappa shape index (κ2) is 3.75. The lowest BCUT2D eigenvalue weighted by Gasteiger charge is -2.07. The smallest absolute Gasteiger partial charge is 0.341 e. The molecule has 0 unspecified atom stereocenters. The van der Waals surface area contributed by atoms with E-state index in [-0.39, 0.29) is 11.3 Å². The molecule has 0 amide bonds. The fourth-order valence-electron chi connectivity index (χ4n) is 1.52. The van der Waals surface area contributed by atoms with Crippen LogP contribution in [0.25, 0.3) is 10.9 Å². The van der Waals surface area contributed by atoms with Crippen LogP contribution in [0.1, 0.15) is 15.9 Å². The normalized spacial score (nSPS) is 10.6. The first-order chi connectivity index (χ1) is 7.52. The minimum atomic E-state index is -1.19. The van der Waals surface area contributed by atoms with Gasteiger partial charge in [-0.25, -0.2) is 4.79 Å². The third-order valence-electron chi connectivity index (χ3n) is 2.43. The number of rotatable bonds is 1. The van der Waals surface area contributed by atoms with Crippen molar-refractivity contribution in [2.75, 3.05) is 0 Å². The number of aromatic carboxylic acids is 1. The highest BCUT2D eigenvalue weighted by Gasteiger charge is 2.15. The molecule has 0 spiro atoms. The Morgan fingerprint density at radius 3 is 2.75 bits per heavy atom. The topological polar surface area (TPSA) is 70.4 Å². The van der Waals surface area contributed by atoms with Gasteiger partial charge in [-0.05, 0) is 24.6 Å². The third-order valence-corrected chi connectivity index (χ3v) is 3.29. The van der Waals surface area contributed by atoms with E-state index in [1.54, 1.807) is 12.1 Å². The Morgan fingerprint density at radius 1 is 1.44 bits per heavy atom. The monoisotopic (exact) mass is 281 g/mol. The summed E-state index contributed by atoms with van der Waals surface area (Å²) in [5.41, 5.74) is 1.27. The Kier molecular flexibility index (Phi) is 2.55. The van der Waals surface area contributed by atoms with E-state index in [0.717, 1.165) is 10.0 Å². The standard InChI is InChI=1S/C11H8BrNO3/c1-5-8(12)3-2-6-9(5)13-4-7(10(6)14)11(15)16/h2-4H,1H3,(H,13,14)(H,15,16). The van der Waals surface area contributed by atoms with Crippen LogP contribution in [-0.4, -0.2) is 21.2 Å². The van der Waals surface area contributed by atoms with Crippen LogP contribution in [0.15, 0.2) is 22.8 Å². The number of carboxylic acid groups (broad SMARTS) is 1. The number of aromatic hydroxyl groups is 1. The van der Waals surface area contributed by atoms with Gasteiger partial charge in [-0.1, -0.05) is 15.9 Å². The first-order valence-electron chi connectivity index (χ1n) is 4.52. The van der Waals surface area contributed by atoms with Crippen molar-refractivity contribution in [2.45, 2.75) is 6.92 Å². The maximum absolute atomic E-state index is 10.8. The third kappa shape index (κ3) is 1.53. The summed E-state index contributed by atoms with van der Waals surface area (Å²) >= 11 is 3.35. The van der Waals surface area contributed by atoms with Crippen LogP contribution in [0, 0.1) is 6.92 Å². The summed E-state index contributed by atoms with van der Waals surface area (Å²) in [5, 5.41) is 19.1. The minimum absolute atomic E-state index is 0.186. The molecule has 0 saturated carbocycles. The molecule has 1 aromatic carbocycles. The van der Waals surface area contributed by atoms with Gasteiger partial charge in [-0.15, -0.1) is 0 Å². The second-order valence-corrected chi connectivity index (χ2v) is 4.25. The molecular formula is C11H8BrNO3. The van der Waals surface area contributed by atoms with E-state index >= 15 is 0 Å². The molecule has 0 aliphatic carbocycles. The maximum Gasteiger partial charge on any atom is 0.341 e. The van der Waals surface area contributed by atoms with Crippen molar-refractivity contribution < 1.29 is 15.0 Å². The number of aryl methyl sites for hydroxylation is 1. The molecule has 2 rings (SSSR count).